The summed E-state index contributed by atoms with van der Waals surface area (Å²) in [5, 5.41) is 0. The molecule has 0 spiro atoms. The van der Waals surface area contributed by atoms with Crippen molar-refractivity contribution in [2.24, 2.45) is 0 Å². The van der Waals surface area contributed by atoms with Crippen molar-refractivity contribution in [3.8, 4) is 0 Å². The van der Waals surface area contributed by atoms with Gasteiger partial charge in [0.15, 0.2) is 0 Å². The van der Waals surface area contributed by atoms with Crippen LogP contribution in [0, 0.1) is 0 Å². The third-order valence-electron chi connectivity index (χ3n) is 1.15. The number of rotatable bonds is 0. The molecule has 30 valence electrons. The lowest BCUT2D eigenvalue weighted by molar-refractivity contribution is 1.04. The van der Waals surface area contributed by atoms with Gasteiger partial charge >= 0.3 is 0 Å². The highest BCUT2D eigenvalue weighted by Gasteiger charge is 1.98. The van der Waals surface area contributed by atoms with Gasteiger partial charge in [0.05, 0.1) is 0 Å². The third kappa shape index (κ3) is 1.08. The first-order valence-electron chi connectivity index (χ1n) is 2.63. The van der Waals surface area contributed by atoms with Crippen LogP contribution >= 0.6 is 0 Å². The summed E-state index contributed by atoms with van der Waals surface area (Å²) in [4.78, 5) is 0. The molecule has 0 aliphatic carbocycles. The van der Waals surface area contributed by atoms with E-state index in [4.69, 9.17) is 0 Å². The van der Waals surface area contributed by atoms with Crippen LogP contribution in [0.3, 0.4) is 0 Å². The maximum absolute atomic E-state index is 2.34. The van der Waals surface area contributed by atoms with E-state index < -0.39 is 0 Å². The van der Waals surface area contributed by atoms with E-state index in [-0.39, 0.29) is 0 Å². The summed E-state index contributed by atoms with van der Waals surface area (Å²) in [5.41, 5.74) is 0. The molecule has 1 rings (SSSR count). The smallest absolute Gasteiger partial charge is 0.100 e. The maximum atomic E-state index is 2.34. The van der Waals surface area contributed by atoms with Gasteiger partial charge in [-0.2, -0.15) is 0 Å². The average molecular weight is 77.7 g/mol. The summed E-state index contributed by atoms with van der Waals surface area (Å²) >= 11 is 0. The molecule has 0 saturated carbocycles. The first-order chi connectivity index (χ1) is 3.00. The summed E-state index contributed by atoms with van der Waals surface area (Å²) < 4.78 is 0. The fraction of sp³-hybridized carbons (Fsp3) is 1.00. The van der Waals surface area contributed by atoms with E-state index >= 15 is 0 Å². The molecule has 1 aliphatic heterocycles. The van der Waals surface area contributed by atoms with E-state index in [9.17, 15) is 0 Å². The molecule has 0 bridgehead atoms. The third-order valence-corrected chi connectivity index (χ3v) is 1.15. The summed E-state index contributed by atoms with van der Waals surface area (Å²) in [6.45, 7) is 0. The molecule has 0 aromatic rings. The molecule has 0 N–H and O–H groups in total. The second-order valence-electron chi connectivity index (χ2n) is 1.74. The van der Waals surface area contributed by atoms with Crippen molar-refractivity contribution in [3.63, 3.8) is 0 Å². The number of hydrogen-bond acceptors (Lipinski definition) is 0. The molecule has 0 aromatic carbocycles. The van der Waals surface area contributed by atoms with Gasteiger partial charge in [-0.15, -0.1) is 6.22 Å². The second kappa shape index (κ2) is 2.33. The fourth-order valence-corrected chi connectivity index (χ4v) is 0.760. The molecule has 0 amide bonds. The Labute approximate surface area is 40.8 Å². The highest BCUT2D eigenvalue weighted by atomic mass is 13.7. The lowest BCUT2D eigenvalue weighted by Gasteiger charge is -2.02. The molecule has 0 aromatic heterocycles. The topological polar surface area (TPSA) is 0 Å². The predicted octanol–water partition coefficient (Wildman–Crippen LogP) is 1.01. The van der Waals surface area contributed by atoms with Crippen molar-refractivity contribution < 1.29 is 0 Å². The molecular weight excluding hydrogens is 69.7 g/mol. The van der Waals surface area contributed by atoms with E-state index in [2.05, 4.69) is 14.6 Å². The quantitative estimate of drug-likeness (QED) is 0.379. The normalized spacial score (nSPS) is 21.3. The lowest BCUT2D eigenvalue weighted by atomic mass is 9.46. The maximum Gasteiger partial charge on any atom is 0.100 e. The van der Waals surface area contributed by atoms with Crippen molar-refractivity contribution in [1.82, 2.24) is 0 Å². The Morgan fingerprint density at radius 3 is 1.83 bits per heavy atom. The van der Waals surface area contributed by atoms with Gasteiger partial charge in [0.2, 0.25) is 0 Å². The van der Waals surface area contributed by atoms with E-state index in [0.29, 0.717) is 0 Å². The van der Waals surface area contributed by atoms with Crippen LogP contribution in [0.4, 0.5) is 0 Å². The van der Waals surface area contributed by atoms with Crippen LogP contribution in [0.1, 0.15) is 6.42 Å². The number of hydrogen-bond donors (Lipinski definition) is 0. The largest absolute Gasteiger partial charge is 0.107 e. The SMILES string of the molecule is [B]1C[B]CCC1. The van der Waals surface area contributed by atoms with Crippen LogP contribution < -0.4 is 0 Å². The minimum atomic E-state index is 1.25. The zero-order valence-corrected chi connectivity index (χ0v) is 3.98. The average Bonchev–Trinajstić information content (AvgIpc) is 1.72. The Hall–Kier alpha value is 0.130. The van der Waals surface area contributed by atoms with Gasteiger partial charge in [-0.25, -0.2) is 0 Å². The first kappa shape index (κ1) is 4.29. The summed E-state index contributed by atoms with van der Waals surface area (Å²) in [6, 6.07) is 0. The zero-order valence-electron chi connectivity index (χ0n) is 3.98. The lowest BCUT2D eigenvalue weighted by Crippen LogP contribution is -2.03. The Morgan fingerprint density at radius 1 is 1.00 bits per heavy atom. The molecular formula is C4H8B2. The Kier molecular flexibility index (Phi) is 1.67. The molecule has 1 aliphatic rings. The highest BCUT2D eigenvalue weighted by molar-refractivity contribution is 6.57. The van der Waals surface area contributed by atoms with Crippen molar-refractivity contribution in [2.75, 3.05) is 0 Å². The zero-order chi connectivity index (χ0) is 4.24. The molecule has 0 unspecified atom stereocenters. The van der Waals surface area contributed by atoms with E-state index in [1.807, 2.05) is 0 Å². The minimum Gasteiger partial charge on any atom is -0.107 e. The molecule has 6 heavy (non-hydrogen) atoms. The van der Waals surface area contributed by atoms with Crippen molar-refractivity contribution in [1.29, 1.82) is 0 Å². The van der Waals surface area contributed by atoms with Crippen LogP contribution in [0.2, 0.25) is 18.9 Å². The van der Waals surface area contributed by atoms with Crippen LogP contribution in [0.5, 0.6) is 0 Å². The summed E-state index contributed by atoms with van der Waals surface area (Å²) in [7, 11) is 4.67. The van der Waals surface area contributed by atoms with Crippen molar-refractivity contribution >= 4 is 14.6 Å². The van der Waals surface area contributed by atoms with Gasteiger partial charge in [0.25, 0.3) is 0 Å². The fourth-order valence-electron chi connectivity index (χ4n) is 0.760. The van der Waals surface area contributed by atoms with Crippen LogP contribution in [-0.2, 0) is 0 Å². The molecule has 0 atom stereocenters. The van der Waals surface area contributed by atoms with E-state index in [1.165, 1.54) is 25.3 Å². The standard InChI is InChI=1S/C4H8B2/c1-2-5-4-6-3-1/h1-4H2. The highest BCUT2D eigenvalue weighted by Crippen LogP contribution is 2.04. The van der Waals surface area contributed by atoms with Gasteiger partial charge < -0.3 is 0 Å². The molecule has 0 nitrogen and oxygen atoms in total. The van der Waals surface area contributed by atoms with Crippen LogP contribution in [0.25, 0.3) is 0 Å². The van der Waals surface area contributed by atoms with Gasteiger partial charge in [-0.05, 0) is 0 Å². The van der Waals surface area contributed by atoms with E-state index in [0.717, 1.165) is 0 Å². The van der Waals surface area contributed by atoms with Crippen molar-refractivity contribution in [2.45, 2.75) is 25.3 Å². The van der Waals surface area contributed by atoms with Gasteiger partial charge in [0.1, 0.15) is 14.6 Å². The first-order valence-corrected chi connectivity index (χ1v) is 2.63. The Morgan fingerprint density at radius 2 is 1.67 bits per heavy atom. The predicted molar refractivity (Wildman–Crippen MR) is 30.5 cm³/mol. The van der Waals surface area contributed by atoms with E-state index in [1.54, 1.807) is 0 Å². The van der Waals surface area contributed by atoms with Crippen LogP contribution in [0.15, 0.2) is 0 Å². The summed E-state index contributed by atoms with van der Waals surface area (Å²) in [5.74, 6) is 0. The summed E-state index contributed by atoms with van der Waals surface area (Å²) in [6.07, 6.45) is 5.33. The monoisotopic (exact) mass is 78.1 g/mol. The Bertz CT molecular complexity index is 21.0. The van der Waals surface area contributed by atoms with Gasteiger partial charge in [-0.3, -0.25) is 0 Å². The molecule has 1 saturated heterocycles. The van der Waals surface area contributed by atoms with Crippen molar-refractivity contribution in [3.05, 3.63) is 0 Å². The molecule has 2 radical (unpaired) electrons. The van der Waals surface area contributed by atoms with Gasteiger partial charge in [0, 0.05) is 0 Å². The minimum absolute atomic E-state index is 1.25. The van der Waals surface area contributed by atoms with Gasteiger partial charge in [-0.1, -0.05) is 19.1 Å². The van der Waals surface area contributed by atoms with Crippen LogP contribution in [-0.4, -0.2) is 14.6 Å². The molecule has 2 heteroatoms. The second-order valence-corrected chi connectivity index (χ2v) is 1.74. The molecule has 1 heterocycles. The Balaban J connectivity index is 2.00. The molecule has 1 fully saturated rings.